The summed E-state index contributed by atoms with van der Waals surface area (Å²) in [5, 5.41) is 7.24. The van der Waals surface area contributed by atoms with Gasteiger partial charge in [0, 0.05) is 11.1 Å². The summed E-state index contributed by atoms with van der Waals surface area (Å²) in [6, 6.07) is 13.7. The van der Waals surface area contributed by atoms with E-state index in [1.807, 2.05) is 47.8 Å². The van der Waals surface area contributed by atoms with Gasteiger partial charge in [0.2, 0.25) is 5.91 Å². The minimum Gasteiger partial charge on any atom is -0.484 e. The molecule has 2 amide bonds. The summed E-state index contributed by atoms with van der Waals surface area (Å²) in [6.07, 6.45) is 0. The van der Waals surface area contributed by atoms with E-state index < -0.39 is 0 Å². The number of nitrogens with one attached hydrogen (secondary N) is 1. The van der Waals surface area contributed by atoms with Crippen LogP contribution in [0.3, 0.4) is 0 Å². The van der Waals surface area contributed by atoms with Crippen molar-refractivity contribution in [3.8, 4) is 5.75 Å². The number of nitrogens with zero attached hydrogens (tertiary/aromatic N) is 1. The Morgan fingerprint density at radius 2 is 2.00 bits per heavy atom. The molecular formula is C18H17N3O3S2. The zero-order valence-corrected chi connectivity index (χ0v) is 15.4. The van der Waals surface area contributed by atoms with Crippen molar-refractivity contribution in [1.82, 2.24) is 4.98 Å². The molecule has 1 aromatic heterocycles. The number of amides is 2. The molecule has 3 N–H and O–H groups in total. The lowest BCUT2D eigenvalue weighted by molar-refractivity contribution is -0.118. The van der Waals surface area contributed by atoms with Crippen molar-refractivity contribution in [1.29, 1.82) is 0 Å². The van der Waals surface area contributed by atoms with Crippen molar-refractivity contribution in [2.45, 2.75) is 5.75 Å². The summed E-state index contributed by atoms with van der Waals surface area (Å²) >= 11 is 2.72. The lowest BCUT2D eigenvalue weighted by Gasteiger charge is -2.07. The molecule has 1 heterocycles. The Bertz CT molecular complexity index is 927. The van der Waals surface area contributed by atoms with Gasteiger partial charge in [-0.25, -0.2) is 4.98 Å². The summed E-state index contributed by atoms with van der Waals surface area (Å²) < 4.78 is 5.56. The van der Waals surface area contributed by atoms with E-state index in [1.54, 1.807) is 0 Å². The number of ether oxygens (including phenoxy) is 1. The largest absolute Gasteiger partial charge is 0.484 e. The summed E-state index contributed by atoms with van der Waals surface area (Å²) in [5.41, 5.74) is 5.89. The Morgan fingerprint density at radius 3 is 2.81 bits per heavy atom. The predicted octanol–water partition coefficient (Wildman–Crippen LogP) is 3.03. The molecule has 3 aromatic rings. The molecule has 6 nitrogen and oxygen atoms in total. The van der Waals surface area contributed by atoms with Crippen molar-refractivity contribution in [2.75, 3.05) is 17.7 Å². The first-order chi connectivity index (χ1) is 12.6. The van der Waals surface area contributed by atoms with E-state index in [0.29, 0.717) is 16.6 Å². The molecule has 0 bridgehead atoms. The van der Waals surface area contributed by atoms with Gasteiger partial charge in [-0.1, -0.05) is 30.3 Å². The highest BCUT2D eigenvalue weighted by Crippen LogP contribution is 2.21. The van der Waals surface area contributed by atoms with Gasteiger partial charge in [0.1, 0.15) is 5.75 Å². The molecule has 0 saturated heterocycles. The molecule has 0 spiro atoms. The molecule has 2 aromatic carbocycles. The van der Waals surface area contributed by atoms with E-state index in [-0.39, 0.29) is 24.2 Å². The molecule has 0 unspecified atom stereocenters. The van der Waals surface area contributed by atoms with Crippen molar-refractivity contribution >= 4 is 50.8 Å². The third kappa shape index (κ3) is 5.21. The van der Waals surface area contributed by atoms with Crippen LogP contribution in [-0.4, -0.2) is 29.2 Å². The number of fused-ring (bicyclic) bond motifs is 1. The first-order valence-electron chi connectivity index (χ1n) is 7.82. The molecule has 26 heavy (non-hydrogen) atoms. The van der Waals surface area contributed by atoms with Crippen LogP contribution in [0.2, 0.25) is 0 Å². The number of anilines is 1. The highest BCUT2D eigenvalue weighted by Gasteiger charge is 2.08. The Kier molecular flexibility index (Phi) is 6.08. The Labute approximate surface area is 158 Å². The maximum Gasteiger partial charge on any atom is 0.264 e. The quantitative estimate of drug-likeness (QED) is 0.620. The molecular weight excluding hydrogens is 370 g/mol. The van der Waals surface area contributed by atoms with Crippen LogP contribution in [0.1, 0.15) is 5.69 Å². The third-order valence-electron chi connectivity index (χ3n) is 3.38. The lowest BCUT2D eigenvalue weighted by Crippen LogP contribution is -2.20. The lowest BCUT2D eigenvalue weighted by atomic mass is 10.1. The van der Waals surface area contributed by atoms with Gasteiger partial charge >= 0.3 is 0 Å². The third-order valence-corrected chi connectivity index (χ3v) is 5.18. The molecule has 0 radical (unpaired) electrons. The molecule has 8 heteroatoms. The number of aromatic nitrogens is 1. The molecule has 0 saturated carbocycles. The zero-order valence-electron chi connectivity index (χ0n) is 13.8. The monoisotopic (exact) mass is 387 g/mol. The van der Waals surface area contributed by atoms with E-state index in [0.717, 1.165) is 16.5 Å². The summed E-state index contributed by atoms with van der Waals surface area (Å²) in [4.78, 5) is 27.0. The second kappa shape index (κ2) is 8.68. The van der Waals surface area contributed by atoms with Crippen LogP contribution < -0.4 is 15.8 Å². The number of hydrogen-bond acceptors (Lipinski definition) is 6. The summed E-state index contributed by atoms with van der Waals surface area (Å²) in [6.45, 7) is -0.0936. The molecule has 0 atom stereocenters. The SMILES string of the molecule is NC(=O)CSCc1csc(NC(=O)COc2ccc3ccccc3c2)n1. The van der Waals surface area contributed by atoms with Gasteiger partial charge < -0.3 is 10.5 Å². The van der Waals surface area contributed by atoms with Gasteiger partial charge in [0.15, 0.2) is 11.7 Å². The van der Waals surface area contributed by atoms with Crippen LogP contribution in [0.25, 0.3) is 10.8 Å². The number of benzene rings is 2. The van der Waals surface area contributed by atoms with E-state index in [4.69, 9.17) is 10.5 Å². The first-order valence-corrected chi connectivity index (χ1v) is 9.85. The van der Waals surface area contributed by atoms with E-state index in [1.165, 1.54) is 23.1 Å². The standard InChI is InChI=1S/C18H17N3O3S2/c19-16(22)11-25-9-14-10-26-18(20-14)21-17(23)8-24-15-6-5-12-3-1-2-4-13(12)7-15/h1-7,10H,8-9,11H2,(H2,19,22)(H,20,21,23). The van der Waals surface area contributed by atoms with Gasteiger partial charge in [0.25, 0.3) is 5.91 Å². The molecule has 0 aliphatic heterocycles. The first kappa shape index (κ1) is 18.2. The topological polar surface area (TPSA) is 94.3 Å². The van der Waals surface area contributed by atoms with Crippen LogP contribution in [0.5, 0.6) is 5.75 Å². The number of hydrogen-bond donors (Lipinski definition) is 2. The van der Waals surface area contributed by atoms with Crippen molar-refractivity contribution < 1.29 is 14.3 Å². The minimum atomic E-state index is -0.357. The van der Waals surface area contributed by atoms with Gasteiger partial charge in [-0.2, -0.15) is 0 Å². The fraction of sp³-hybridized carbons (Fsp3) is 0.167. The number of nitrogens with two attached hydrogens (primary N) is 1. The van der Waals surface area contributed by atoms with E-state index >= 15 is 0 Å². The van der Waals surface area contributed by atoms with Crippen LogP contribution >= 0.6 is 23.1 Å². The fourth-order valence-corrected chi connectivity index (χ4v) is 3.74. The van der Waals surface area contributed by atoms with Gasteiger partial charge in [-0.3, -0.25) is 14.9 Å². The Morgan fingerprint density at radius 1 is 1.19 bits per heavy atom. The van der Waals surface area contributed by atoms with Gasteiger partial charge in [0.05, 0.1) is 11.4 Å². The number of thiazole rings is 1. The normalized spacial score (nSPS) is 10.6. The highest BCUT2D eigenvalue weighted by atomic mass is 32.2. The van der Waals surface area contributed by atoms with Gasteiger partial charge in [-0.15, -0.1) is 23.1 Å². The van der Waals surface area contributed by atoms with Crippen LogP contribution in [0.4, 0.5) is 5.13 Å². The Hall–Kier alpha value is -2.58. The average molecular weight is 387 g/mol. The van der Waals surface area contributed by atoms with Crippen molar-refractivity contribution in [2.24, 2.45) is 5.73 Å². The molecule has 0 aliphatic rings. The minimum absolute atomic E-state index is 0.0936. The van der Waals surface area contributed by atoms with Crippen LogP contribution in [-0.2, 0) is 15.3 Å². The summed E-state index contributed by atoms with van der Waals surface area (Å²) in [7, 11) is 0. The van der Waals surface area contributed by atoms with E-state index in [2.05, 4.69) is 10.3 Å². The van der Waals surface area contributed by atoms with Gasteiger partial charge in [-0.05, 0) is 22.9 Å². The van der Waals surface area contributed by atoms with Crippen molar-refractivity contribution in [3.63, 3.8) is 0 Å². The molecule has 3 rings (SSSR count). The predicted molar refractivity (Wildman–Crippen MR) is 106 cm³/mol. The smallest absolute Gasteiger partial charge is 0.264 e. The Balaban J connectivity index is 1.49. The fourth-order valence-electron chi connectivity index (χ4n) is 2.25. The second-order valence-electron chi connectivity index (χ2n) is 5.45. The maximum absolute atomic E-state index is 12.0. The number of carbonyl (C=O) groups excluding carboxylic acids is 2. The molecule has 0 fully saturated rings. The van der Waals surface area contributed by atoms with Crippen LogP contribution in [0.15, 0.2) is 47.8 Å². The molecule has 134 valence electrons. The number of thioether (sulfide) groups is 1. The molecule has 0 aliphatic carbocycles. The second-order valence-corrected chi connectivity index (χ2v) is 7.29. The highest BCUT2D eigenvalue weighted by molar-refractivity contribution is 7.99. The number of rotatable bonds is 8. The zero-order chi connectivity index (χ0) is 18.4. The van der Waals surface area contributed by atoms with Crippen molar-refractivity contribution in [3.05, 3.63) is 53.5 Å². The summed E-state index contributed by atoms with van der Waals surface area (Å²) in [5.74, 6) is 0.830. The maximum atomic E-state index is 12.0. The van der Waals surface area contributed by atoms with Crippen LogP contribution in [0, 0.1) is 0 Å². The van der Waals surface area contributed by atoms with E-state index in [9.17, 15) is 9.59 Å². The number of carbonyl (C=O) groups is 2. The average Bonchev–Trinajstić information content (AvgIpc) is 3.06. The number of primary amides is 1.